The number of imide groups is 2. The third-order valence-corrected chi connectivity index (χ3v) is 2.35. The Morgan fingerprint density at radius 1 is 1.11 bits per heavy atom. The van der Waals surface area contributed by atoms with Crippen LogP contribution in [0.5, 0.6) is 0 Å². The average Bonchev–Trinajstić information content (AvgIpc) is 2.41. The molecule has 0 aliphatic carbocycles. The zero-order chi connectivity index (χ0) is 14.0. The predicted molar refractivity (Wildman–Crippen MR) is 62.4 cm³/mol. The number of rotatable bonds is 4. The highest BCUT2D eigenvalue weighted by Gasteiger charge is 2.46. The smallest absolute Gasteiger partial charge is 0.334 e. The van der Waals surface area contributed by atoms with Crippen LogP contribution in [0.4, 0.5) is 4.79 Å². The standard InChI is InChI=1S/C11H17N3O4/c1-6(2)12-8(15)5-13-9(16)10(17)14(7(3)4)11(13)18/h6-7H,5H2,1-4H3,(H,12,15). The fraction of sp³-hybridized carbons (Fsp3) is 0.636. The first-order valence-electron chi connectivity index (χ1n) is 5.74. The minimum atomic E-state index is -0.951. The first-order valence-corrected chi connectivity index (χ1v) is 5.74. The summed E-state index contributed by atoms with van der Waals surface area (Å²) in [5.74, 6) is -2.30. The van der Waals surface area contributed by atoms with E-state index in [4.69, 9.17) is 0 Å². The third-order valence-electron chi connectivity index (χ3n) is 2.35. The largest absolute Gasteiger partial charge is 0.352 e. The molecule has 0 aromatic carbocycles. The summed E-state index contributed by atoms with van der Waals surface area (Å²) >= 11 is 0. The highest BCUT2D eigenvalue weighted by molar-refractivity contribution is 6.45. The second-order valence-corrected chi connectivity index (χ2v) is 4.66. The van der Waals surface area contributed by atoms with Gasteiger partial charge in [-0.2, -0.15) is 0 Å². The van der Waals surface area contributed by atoms with Crippen LogP contribution in [0.1, 0.15) is 27.7 Å². The number of nitrogens with one attached hydrogen (secondary N) is 1. The lowest BCUT2D eigenvalue weighted by Crippen LogP contribution is -2.44. The van der Waals surface area contributed by atoms with Crippen molar-refractivity contribution in [3.8, 4) is 0 Å². The van der Waals surface area contributed by atoms with Crippen molar-refractivity contribution in [2.75, 3.05) is 6.54 Å². The van der Waals surface area contributed by atoms with E-state index in [2.05, 4.69) is 5.32 Å². The Labute approximate surface area is 105 Å². The molecule has 0 aromatic rings. The van der Waals surface area contributed by atoms with Gasteiger partial charge < -0.3 is 5.32 Å². The number of carbonyl (C=O) groups excluding carboxylic acids is 4. The predicted octanol–water partition coefficient (Wildman–Crippen LogP) is -0.290. The maximum Gasteiger partial charge on any atom is 0.334 e. The Morgan fingerprint density at radius 2 is 1.67 bits per heavy atom. The lowest BCUT2D eigenvalue weighted by molar-refractivity contribution is -0.144. The minimum absolute atomic E-state index is 0.0952. The fourth-order valence-electron chi connectivity index (χ4n) is 1.63. The maximum atomic E-state index is 11.8. The van der Waals surface area contributed by atoms with E-state index >= 15 is 0 Å². The van der Waals surface area contributed by atoms with Gasteiger partial charge in [-0.1, -0.05) is 0 Å². The highest BCUT2D eigenvalue weighted by Crippen LogP contribution is 2.14. The fourth-order valence-corrected chi connectivity index (χ4v) is 1.63. The molecule has 1 rings (SSSR count). The zero-order valence-electron chi connectivity index (χ0n) is 10.9. The highest BCUT2D eigenvalue weighted by atomic mass is 16.2. The van der Waals surface area contributed by atoms with E-state index < -0.39 is 36.3 Å². The summed E-state index contributed by atoms with van der Waals surface area (Å²) in [6.07, 6.45) is 0. The summed E-state index contributed by atoms with van der Waals surface area (Å²) in [7, 11) is 0. The molecule has 0 bridgehead atoms. The van der Waals surface area contributed by atoms with Gasteiger partial charge in [0.05, 0.1) is 0 Å². The number of nitrogens with zero attached hydrogens (tertiary/aromatic N) is 2. The van der Waals surface area contributed by atoms with Crippen LogP contribution in [-0.4, -0.2) is 52.2 Å². The van der Waals surface area contributed by atoms with E-state index in [1.54, 1.807) is 27.7 Å². The SMILES string of the molecule is CC(C)NC(=O)CN1C(=O)C(=O)N(C(C)C)C1=O. The van der Waals surface area contributed by atoms with Gasteiger partial charge in [-0.25, -0.2) is 9.69 Å². The maximum absolute atomic E-state index is 11.8. The quantitative estimate of drug-likeness (QED) is 0.552. The summed E-state index contributed by atoms with van der Waals surface area (Å²) in [5, 5.41) is 2.55. The molecular formula is C11H17N3O4. The van der Waals surface area contributed by atoms with E-state index in [0.717, 1.165) is 4.90 Å². The summed E-state index contributed by atoms with van der Waals surface area (Å²) in [6, 6.07) is -1.24. The molecule has 0 saturated carbocycles. The van der Waals surface area contributed by atoms with Gasteiger partial charge in [0, 0.05) is 12.1 Å². The number of urea groups is 1. The van der Waals surface area contributed by atoms with E-state index in [1.807, 2.05) is 0 Å². The van der Waals surface area contributed by atoms with Crippen LogP contribution < -0.4 is 5.32 Å². The molecule has 1 aliphatic heterocycles. The topological polar surface area (TPSA) is 86.8 Å². The van der Waals surface area contributed by atoms with Gasteiger partial charge in [0.2, 0.25) is 5.91 Å². The van der Waals surface area contributed by atoms with E-state index in [1.165, 1.54) is 0 Å². The molecule has 1 heterocycles. The van der Waals surface area contributed by atoms with Crippen LogP contribution in [0, 0.1) is 0 Å². The molecule has 0 radical (unpaired) electrons. The minimum Gasteiger partial charge on any atom is -0.352 e. The number of carbonyl (C=O) groups is 4. The van der Waals surface area contributed by atoms with Crippen molar-refractivity contribution < 1.29 is 19.2 Å². The van der Waals surface area contributed by atoms with Gasteiger partial charge in [-0.3, -0.25) is 19.3 Å². The summed E-state index contributed by atoms with van der Waals surface area (Å²) in [5.41, 5.74) is 0. The number of amides is 5. The monoisotopic (exact) mass is 255 g/mol. The molecule has 0 spiro atoms. The van der Waals surface area contributed by atoms with Gasteiger partial charge in [0.25, 0.3) is 0 Å². The van der Waals surface area contributed by atoms with Gasteiger partial charge >= 0.3 is 17.8 Å². The van der Waals surface area contributed by atoms with E-state index in [0.29, 0.717) is 4.90 Å². The molecule has 18 heavy (non-hydrogen) atoms. The van der Waals surface area contributed by atoms with E-state index in [-0.39, 0.29) is 6.04 Å². The second kappa shape index (κ2) is 5.16. The van der Waals surface area contributed by atoms with Crippen LogP contribution in [-0.2, 0) is 14.4 Å². The first-order chi connectivity index (χ1) is 8.25. The third kappa shape index (κ3) is 2.66. The van der Waals surface area contributed by atoms with Crippen molar-refractivity contribution >= 4 is 23.8 Å². The molecule has 1 aliphatic rings. The van der Waals surface area contributed by atoms with Gasteiger partial charge in [0.1, 0.15) is 6.54 Å². The van der Waals surface area contributed by atoms with Crippen LogP contribution in [0.3, 0.4) is 0 Å². The molecule has 5 amide bonds. The molecular weight excluding hydrogens is 238 g/mol. The van der Waals surface area contributed by atoms with Crippen LogP contribution in [0.25, 0.3) is 0 Å². The molecule has 1 fully saturated rings. The van der Waals surface area contributed by atoms with Crippen molar-refractivity contribution in [1.29, 1.82) is 0 Å². The summed E-state index contributed by atoms with van der Waals surface area (Å²) in [4.78, 5) is 48.0. The Bertz CT molecular complexity index is 403. The van der Waals surface area contributed by atoms with Crippen molar-refractivity contribution in [1.82, 2.24) is 15.1 Å². The van der Waals surface area contributed by atoms with Crippen molar-refractivity contribution in [2.24, 2.45) is 0 Å². The van der Waals surface area contributed by atoms with Crippen LogP contribution in [0.15, 0.2) is 0 Å². The van der Waals surface area contributed by atoms with Gasteiger partial charge in [-0.15, -0.1) is 0 Å². The normalized spacial score (nSPS) is 16.2. The Morgan fingerprint density at radius 3 is 2.06 bits per heavy atom. The lowest BCUT2D eigenvalue weighted by atomic mass is 10.3. The summed E-state index contributed by atoms with van der Waals surface area (Å²) in [6.45, 7) is 6.35. The molecule has 7 nitrogen and oxygen atoms in total. The first kappa shape index (κ1) is 14.1. The van der Waals surface area contributed by atoms with Crippen LogP contribution >= 0.6 is 0 Å². The average molecular weight is 255 g/mol. The van der Waals surface area contributed by atoms with Crippen molar-refractivity contribution in [3.05, 3.63) is 0 Å². The number of hydrogen-bond acceptors (Lipinski definition) is 4. The molecule has 0 atom stereocenters. The van der Waals surface area contributed by atoms with Crippen molar-refractivity contribution in [2.45, 2.75) is 39.8 Å². The molecule has 100 valence electrons. The lowest BCUT2D eigenvalue weighted by Gasteiger charge is -2.18. The zero-order valence-corrected chi connectivity index (χ0v) is 10.9. The number of hydrogen-bond donors (Lipinski definition) is 1. The molecule has 7 heteroatoms. The molecule has 0 aromatic heterocycles. The Kier molecular flexibility index (Phi) is 4.05. The van der Waals surface area contributed by atoms with Crippen molar-refractivity contribution in [3.63, 3.8) is 0 Å². The summed E-state index contributed by atoms with van der Waals surface area (Å²) < 4.78 is 0. The second-order valence-electron chi connectivity index (χ2n) is 4.66. The molecule has 1 N–H and O–H groups in total. The molecule has 0 unspecified atom stereocenters. The Balaban J connectivity index is 2.79. The van der Waals surface area contributed by atoms with E-state index in [9.17, 15) is 19.2 Å². The van der Waals surface area contributed by atoms with Crippen LogP contribution in [0.2, 0.25) is 0 Å². The Hall–Kier alpha value is -1.92. The molecule has 1 saturated heterocycles. The van der Waals surface area contributed by atoms with Gasteiger partial charge in [-0.05, 0) is 27.7 Å². The van der Waals surface area contributed by atoms with Gasteiger partial charge in [0.15, 0.2) is 0 Å².